The molecule has 0 saturated heterocycles. The monoisotopic (exact) mass is 587 g/mol. The third-order valence-electron chi connectivity index (χ3n) is 7.53. The van der Waals surface area contributed by atoms with Crippen molar-refractivity contribution in [3.63, 3.8) is 0 Å². The Labute approximate surface area is 254 Å². The van der Waals surface area contributed by atoms with Crippen LogP contribution < -0.4 is 14.2 Å². The summed E-state index contributed by atoms with van der Waals surface area (Å²) in [5.41, 5.74) is 5.00. The van der Waals surface area contributed by atoms with Crippen molar-refractivity contribution in [3.8, 4) is 28.4 Å². The van der Waals surface area contributed by atoms with Crippen molar-refractivity contribution >= 4 is 18.0 Å². The molecule has 8 heteroatoms. The van der Waals surface area contributed by atoms with Crippen LogP contribution in [0, 0.1) is 0 Å². The molecule has 43 heavy (non-hydrogen) atoms. The first-order chi connectivity index (χ1) is 21.0. The van der Waals surface area contributed by atoms with Crippen molar-refractivity contribution < 1.29 is 33.3 Å². The zero-order valence-electron chi connectivity index (χ0n) is 25.5. The van der Waals surface area contributed by atoms with Crippen LogP contribution in [-0.2, 0) is 19.1 Å². The third kappa shape index (κ3) is 8.17. The van der Waals surface area contributed by atoms with Crippen molar-refractivity contribution in [1.29, 1.82) is 0 Å². The Kier molecular flexibility index (Phi) is 11.6. The second kappa shape index (κ2) is 15.8. The van der Waals surface area contributed by atoms with Crippen LogP contribution in [0.3, 0.4) is 0 Å². The molecule has 0 spiro atoms. The highest BCUT2D eigenvalue weighted by atomic mass is 16.5. The quantitative estimate of drug-likeness (QED) is 0.113. The standard InChI is InChI=1S/C35H41NO7/c1-36(20-12-22-43-35(38)33-28-15-8-6-13-26(28)27-14-7-9-16-29(27)33)19-10-5-11-21-42-32(37)18-17-25-23-30(39-2)34(41-4)31(24-25)40-3/h6-9,13-18,23-24,33H,5,10-12,19-22H2,1-4H3/b18-17+. The number of ether oxygens (including phenoxy) is 5. The van der Waals surface area contributed by atoms with Gasteiger partial charge in [0, 0.05) is 12.6 Å². The molecule has 0 bridgehead atoms. The lowest BCUT2D eigenvalue weighted by molar-refractivity contribution is -0.144. The van der Waals surface area contributed by atoms with E-state index in [1.165, 1.54) is 6.08 Å². The molecule has 0 heterocycles. The molecular weight excluding hydrogens is 546 g/mol. The van der Waals surface area contributed by atoms with Crippen LogP contribution >= 0.6 is 0 Å². The lowest BCUT2D eigenvalue weighted by atomic mass is 9.97. The SMILES string of the molecule is COc1cc(/C=C/C(=O)OCCCCCN(C)CCCOC(=O)C2c3ccccc3-c3ccccc32)cc(OC)c1OC. The van der Waals surface area contributed by atoms with Gasteiger partial charge in [-0.05, 0) is 85.3 Å². The Balaban J connectivity index is 1.09. The Morgan fingerprint density at radius 3 is 1.93 bits per heavy atom. The summed E-state index contributed by atoms with van der Waals surface area (Å²) in [5, 5.41) is 0. The van der Waals surface area contributed by atoms with Gasteiger partial charge in [-0.15, -0.1) is 0 Å². The minimum atomic E-state index is -0.398. The van der Waals surface area contributed by atoms with Crippen LogP contribution in [0.4, 0.5) is 0 Å². The van der Waals surface area contributed by atoms with Gasteiger partial charge in [-0.1, -0.05) is 48.5 Å². The van der Waals surface area contributed by atoms with Gasteiger partial charge in [0.15, 0.2) is 11.5 Å². The van der Waals surface area contributed by atoms with Gasteiger partial charge in [-0.2, -0.15) is 0 Å². The molecule has 4 rings (SSSR count). The maximum Gasteiger partial charge on any atom is 0.330 e. The molecule has 8 nitrogen and oxygen atoms in total. The van der Waals surface area contributed by atoms with Gasteiger partial charge in [-0.25, -0.2) is 4.79 Å². The summed E-state index contributed by atoms with van der Waals surface area (Å²) in [5.74, 6) is 0.586. The molecule has 0 radical (unpaired) electrons. The number of unbranched alkanes of at least 4 members (excludes halogenated alkanes) is 2. The lowest BCUT2D eigenvalue weighted by Crippen LogP contribution is -2.23. The van der Waals surface area contributed by atoms with E-state index < -0.39 is 5.97 Å². The molecule has 0 amide bonds. The van der Waals surface area contributed by atoms with Crippen LogP contribution in [-0.4, -0.2) is 71.5 Å². The zero-order chi connectivity index (χ0) is 30.6. The van der Waals surface area contributed by atoms with Crippen LogP contribution in [0.1, 0.15) is 48.3 Å². The number of fused-ring (bicyclic) bond motifs is 3. The van der Waals surface area contributed by atoms with E-state index in [9.17, 15) is 9.59 Å². The molecule has 0 aromatic heterocycles. The van der Waals surface area contributed by atoms with E-state index in [1.807, 2.05) is 36.4 Å². The molecule has 0 aliphatic heterocycles. The average molecular weight is 588 g/mol. The normalized spacial score (nSPS) is 12.2. The molecule has 0 N–H and O–H groups in total. The lowest BCUT2D eigenvalue weighted by Gasteiger charge is -2.17. The van der Waals surface area contributed by atoms with Crippen LogP contribution in [0.5, 0.6) is 17.2 Å². The van der Waals surface area contributed by atoms with Crippen molar-refractivity contribution in [2.75, 3.05) is 54.7 Å². The molecule has 1 aliphatic carbocycles. The molecule has 0 unspecified atom stereocenters. The number of hydrogen-bond donors (Lipinski definition) is 0. The van der Waals surface area contributed by atoms with Gasteiger partial charge in [-0.3, -0.25) is 4.79 Å². The van der Waals surface area contributed by atoms with E-state index in [2.05, 4.69) is 24.1 Å². The summed E-state index contributed by atoms with van der Waals surface area (Å²) < 4.78 is 27.1. The summed E-state index contributed by atoms with van der Waals surface area (Å²) in [6.45, 7) is 2.52. The average Bonchev–Trinajstić information content (AvgIpc) is 3.37. The largest absolute Gasteiger partial charge is 0.493 e. The summed E-state index contributed by atoms with van der Waals surface area (Å²) in [7, 11) is 6.70. The second-order valence-corrected chi connectivity index (χ2v) is 10.5. The van der Waals surface area contributed by atoms with Crippen LogP contribution in [0.15, 0.2) is 66.7 Å². The highest BCUT2D eigenvalue weighted by Crippen LogP contribution is 2.45. The van der Waals surface area contributed by atoms with Crippen LogP contribution in [0.2, 0.25) is 0 Å². The second-order valence-electron chi connectivity index (χ2n) is 10.5. The number of esters is 2. The Hall–Kier alpha value is -4.30. The Morgan fingerprint density at radius 2 is 1.33 bits per heavy atom. The number of hydrogen-bond acceptors (Lipinski definition) is 8. The van der Waals surface area contributed by atoms with Gasteiger partial charge in [0.1, 0.15) is 5.92 Å². The topological polar surface area (TPSA) is 83.5 Å². The van der Waals surface area contributed by atoms with E-state index >= 15 is 0 Å². The highest BCUT2D eigenvalue weighted by molar-refractivity contribution is 5.93. The van der Waals surface area contributed by atoms with E-state index in [1.54, 1.807) is 39.5 Å². The van der Waals surface area contributed by atoms with E-state index in [0.717, 1.165) is 66.6 Å². The number of methoxy groups -OCH3 is 3. The molecule has 228 valence electrons. The number of nitrogens with zero attached hydrogens (tertiary/aromatic N) is 1. The van der Waals surface area contributed by atoms with Crippen molar-refractivity contribution in [2.45, 2.75) is 31.6 Å². The fourth-order valence-corrected chi connectivity index (χ4v) is 5.36. The van der Waals surface area contributed by atoms with Gasteiger partial charge < -0.3 is 28.6 Å². The Morgan fingerprint density at radius 1 is 0.744 bits per heavy atom. The number of rotatable bonds is 16. The van der Waals surface area contributed by atoms with E-state index in [-0.39, 0.29) is 11.9 Å². The molecule has 0 saturated carbocycles. The number of benzene rings is 3. The molecular formula is C35H41NO7. The smallest absolute Gasteiger partial charge is 0.330 e. The predicted molar refractivity (Wildman–Crippen MR) is 167 cm³/mol. The van der Waals surface area contributed by atoms with E-state index in [0.29, 0.717) is 30.5 Å². The van der Waals surface area contributed by atoms with Crippen molar-refractivity contribution in [2.24, 2.45) is 0 Å². The summed E-state index contributed by atoms with van der Waals surface area (Å²) in [6.07, 6.45) is 6.55. The van der Waals surface area contributed by atoms with Gasteiger partial charge in [0.25, 0.3) is 0 Å². The first kappa shape index (κ1) is 31.6. The Bertz CT molecular complexity index is 1350. The fraction of sp³-hybridized carbons (Fsp3) is 0.371. The maximum absolute atomic E-state index is 13.0. The fourth-order valence-electron chi connectivity index (χ4n) is 5.36. The minimum absolute atomic E-state index is 0.187. The maximum atomic E-state index is 13.0. The number of carbonyl (C=O) groups excluding carboxylic acids is 2. The summed E-state index contributed by atoms with van der Waals surface area (Å²) in [6, 6.07) is 19.7. The van der Waals surface area contributed by atoms with Crippen molar-refractivity contribution in [3.05, 3.63) is 83.4 Å². The first-order valence-electron chi connectivity index (χ1n) is 14.6. The van der Waals surface area contributed by atoms with Gasteiger partial charge >= 0.3 is 11.9 Å². The highest BCUT2D eigenvalue weighted by Gasteiger charge is 2.34. The summed E-state index contributed by atoms with van der Waals surface area (Å²) >= 11 is 0. The van der Waals surface area contributed by atoms with Crippen molar-refractivity contribution in [1.82, 2.24) is 4.90 Å². The van der Waals surface area contributed by atoms with E-state index in [4.69, 9.17) is 23.7 Å². The molecule has 1 aliphatic rings. The third-order valence-corrected chi connectivity index (χ3v) is 7.53. The predicted octanol–water partition coefficient (Wildman–Crippen LogP) is 6.12. The molecule has 0 atom stereocenters. The van der Waals surface area contributed by atoms with Gasteiger partial charge in [0.05, 0.1) is 34.5 Å². The molecule has 3 aromatic carbocycles. The molecule has 0 fully saturated rings. The van der Waals surface area contributed by atoms with Gasteiger partial charge in [0.2, 0.25) is 5.75 Å². The molecule has 3 aromatic rings. The van der Waals surface area contributed by atoms with Crippen LogP contribution in [0.25, 0.3) is 17.2 Å². The minimum Gasteiger partial charge on any atom is -0.493 e. The summed E-state index contributed by atoms with van der Waals surface area (Å²) in [4.78, 5) is 27.4. The first-order valence-corrected chi connectivity index (χ1v) is 14.6. The number of carbonyl (C=O) groups is 2. The zero-order valence-corrected chi connectivity index (χ0v) is 25.5.